The number of aryl methyl sites for hydroxylation is 1. The quantitative estimate of drug-likeness (QED) is 0.181. The summed E-state index contributed by atoms with van der Waals surface area (Å²) < 4.78 is 8.81. The minimum absolute atomic E-state index is 0.889. The second kappa shape index (κ2) is 11.8. The lowest BCUT2D eigenvalue weighted by molar-refractivity contribution is 0.669. The summed E-state index contributed by atoms with van der Waals surface area (Å²) in [5, 5.41) is 4.74. The molecule has 10 rings (SSSR count). The minimum Gasteiger partial charge on any atom is -0.456 e. The molecule has 0 unspecified atom stereocenters. The van der Waals surface area contributed by atoms with Gasteiger partial charge in [0.15, 0.2) is 0 Å². The van der Waals surface area contributed by atoms with Crippen molar-refractivity contribution < 1.29 is 4.42 Å². The number of hydrogen-bond acceptors (Lipinski definition) is 1. The van der Waals surface area contributed by atoms with E-state index in [1.165, 1.54) is 66.3 Å². The Bertz CT molecular complexity index is 2910. The number of aromatic nitrogens is 1. The van der Waals surface area contributed by atoms with Crippen LogP contribution in [-0.2, 0) is 0 Å². The fourth-order valence-corrected chi connectivity index (χ4v) is 7.70. The molecule has 0 aliphatic carbocycles. The Kier molecular flexibility index (Phi) is 6.75. The molecule has 0 fully saturated rings. The molecule has 2 heteroatoms. The average Bonchev–Trinajstić information content (AvgIpc) is 3.72. The van der Waals surface area contributed by atoms with Crippen molar-refractivity contribution in [2.45, 2.75) is 6.92 Å². The molecule has 0 atom stereocenters. The van der Waals surface area contributed by atoms with Gasteiger partial charge in [-0.15, -0.1) is 0 Å². The van der Waals surface area contributed by atoms with Gasteiger partial charge in [-0.1, -0.05) is 121 Å². The van der Waals surface area contributed by atoms with Gasteiger partial charge in [0, 0.05) is 27.2 Å². The normalized spacial score (nSPS) is 11.6. The van der Waals surface area contributed by atoms with E-state index in [4.69, 9.17) is 4.42 Å². The largest absolute Gasteiger partial charge is 0.456 e. The number of nitrogens with zero attached hydrogens (tertiary/aromatic N) is 1. The van der Waals surface area contributed by atoms with E-state index < -0.39 is 0 Å². The Balaban J connectivity index is 1.09. The predicted octanol–water partition coefficient (Wildman–Crippen LogP) is 13.7. The van der Waals surface area contributed by atoms with Gasteiger partial charge in [-0.25, -0.2) is 0 Å². The summed E-state index contributed by atoms with van der Waals surface area (Å²) in [5.74, 6) is 0. The zero-order valence-corrected chi connectivity index (χ0v) is 28.2. The highest BCUT2D eigenvalue weighted by atomic mass is 16.3. The zero-order chi connectivity index (χ0) is 33.9. The molecule has 10 aromatic rings. The molecule has 0 bridgehead atoms. The molecule has 0 saturated carbocycles. The Hall–Kier alpha value is -6.64. The smallest absolute Gasteiger partial charge is 0.135 e. The first-order valence-electron chi connectivity index (χ1n) is 17.5. The van der Waals surface area contributed by atoms with Crippen molar-refractivity contribution in [2.75, 3.05) is 0 Å². The Labute approximate surface area is 296 Å². The number of benzene rings is 8. The first-order chi connectivity index (χ1) is 25.2. The van der Waals surface area contributed by atoms with Crippen molar-refractivity contribution in [2.24, 2.45) is 0 Å². The van der Waals surface area contributed by atoms with E-state index in [2.05, 4.69) is 193 Å². The second-order valence-electron chi connectivity index (χ2n) is 13.5. The Morgan fingerprint density at radius 2 is 0.784 bits per heavy atom. The van der Waals surface area contributed by atoms with Crippen LogP contribution in [0.15, 0.2) is 186 Å². The van der Waals surface area contributed by atoms with Crippen molar-refractivity contribution in [3.05, 3.63) is 188 Å². The fraction of sp³-hybridized carbons (Fsp3) is 0.0204. The van der Waals surface area contributed by atoms with E-state index in [0.717, 1.165) is 33.2 Å². The third-order valence-electron chi connectivity index (χ3n) is 10.2. The zero-order valence-electron chi connectivity index (χ0n) is 28.2. The molecular formula is C49H33NO. The number of rotatable bonds is 5. The number of furan rings is 1. The van der Waals surface area contributed by atoms with Crippen LogP contribution in [-0.4, -0.2) is 4.57 Å². The molecule has 51 heavy (non-hydrogen) atoms. The number of fused-ring (bicyclic) bond motifs is 6. The van der Waals surface area contributed by atoms with Crippen LogP contribution >= 0.6 is 0 Å². The summed E-state index contributed by atoms with van der Waals surface area (Å²) >= 11 is 0. The molecule has 0 aliphatic heterocycles. The van der Waals surface area contributed by atoms with Crippen LogP contribution in [0.1, 0.15) is 5.56 Å². The van der Waals surface area contributed by atoms with Gasteiger partial charge < -0.3 is 8.98 Å². The molecule has 8 aromatic carbocycles. The van der Waals surface area contributed by atoms with Gasteiger partial charge in [0.05, 0.1) is 11.0 Å². The van der Waals surface area contributed by atoms with Crippen molar-refractivity contribution in [3.63, 3.8) is 0 Å². The predicted molar refractivity (Wildman–Crippen MR) is 215 cm³/mol. The Morgan fingerprint density at radius 1 is 0.333 bits per heavy atom. The van der Waals surface area contributed by atoms with Crippen LogP contribution in [0, 0.1) is 6.92 Å². The highest BCUT2D eigenvalue weighted by molar-refractivity contribution is 6.12. The van der Waals surface area contributed by atoms with Crippen LogP contribution in [0.3, 0.4) is 0 Å². The van der Waals surface area contributed by atoms with Crippen LogP contribution in [0.2, 0.25) is 0 Å². The lowest BCUT2D eigenvalue weighted by Crippen LogP contribution is -1.93. The Morgan fingerprint density at radius 3 is 1.43 bits per heavy atom. The van der Waals surface area contributed by atoms with Crippen molar-refractivity contribution in [1.82, 2.24) is 4.57 Å². The van der Waals surface area contributed by atoms with Crippen LogP contribution in [0.5, 0.6) is 0 Å². The van der Waals surface area contributed by atoms with Gasteiger partial charge in [0.25, 0.3) is 0 Å². The third-order valence-corrected chi connectivity index (χ3v) is 10.2. The van der Waals surface area contributed by atoms with Crippen LogP contribution in [0.4, 0.5) is 0 Å². The SMILES string of the molecule is Cc1ccc2c(c1)c1cc(-c3ccccc3)ccc1n2-c1ccc2oc3ccc(-c4cccc(-c5cccc(-c6ccccc6)c5)c4)cc3c2c1. The molecule has 240 valence electrons. The topological polar surface area (TPSA) is 18.1 Å². The lowest BCUT2D eigenvalue weighted by atomic mass is 9.96. The van der Waals surface area contributed by atoms with E-state index >= 15 is 0 Å². The van der Waals surface area contributed by atoms with E-state index in [0.29, 0.717) is 0 Å². The summed E-state index contributed by atoms with van der Waals surface area (Å²) in [4.78, 5) is 0. The van der Waals surface area contributed by atoms with E-state index in [1.54, 1.807) is 0 Å². The minimum atomic E-state index is 0.889. The summed E-state index contributed by atoms with van der Waals surface area (Å²) in [6, 6.07) is 65.6. The van der Waals surface area contributed by atoms with E-state index in [-0.39, 0.29) is 0 Å². The second-order valence-corrected chi connectivity index (χ2v) is 13.5. The molecular weight excluding hydrogens is 619 g/mol. The molecule has 2 nitrogen and oxygen atoms in total. The van der Waals surface area contributed by atoms with E-state index in [9.17, 15) is 0 Å². The van der Waals surface area contributed by atoms with Gasteiger partial charge >= 0.3 is 0 Å². The lowest BCUT2D eigenvalue weighted by Gasteiger charge is -2.09. The maximum Gasteiger partial charge on any atom is 0.135 e. The highest BCUT2D eigenvalue weighted by Crippen LogP contribution is 2.39. The van der Waals surface area contributed by atoms with Crippen molar-refractivity contribution in [1.29, 1.82) is 0 Å². The van der Waals surface area contributed by atoms with Gasteiger partial charge in [0.2, 0.25) is 0 Å². The van der Waals surface area contributed by atoms with Crippen LogP contribution < -0.4 is 0 Å². The monoisotopic (exact) mass is 651 g/mol. The molecule has 0 aliphatic rings. The maximum atomic E-state index is 6.41. The molecule has 0 radical (unpaired) electrons. The van der Waals surface area contributed by atoms with E-state index in [1.807, 2.05) is 0 Å². The maximum absolute atomic E-state index is 6.41. The van der Waals surface area contributed by atoms with Crippen LogP contribution in [0.25, 0.3) is 93.9 Å². The molecule has 0 spiro atoms. The summed E-state index contributed by atoms with van der Waals surface area (Å²) in [5.41, 5.74) is 16.2. The molecule has 0 amide bonds. The first kappa shape index (κ1) is 29.3. The molecule has 0 saturated heterocycles. The third kappa shape index (κ3) is 5.04. The first-order valence-corrected chi connectivity index (χ1v) is 17.5. The molecule has 0 N–H and O–H groups in total. The van der Waals surface area contributed by atoms with Gasteiger partial charge in [-0.05, 0) is 118 Å². The summed E-state index contributed by atoms with van der Waals surface area (Å²) in [7, 11) is 0. The van der Waals surface area contributed by atoms with Crippen molar-refractivity contribution >= 4 is 43.7 Å². The standard InChI is InChI=1S/C49H33NO/c1-32-18-22-46-42(26-32)43-29-39(34-12-6-3-7-13-34)19-23-47(43)50(46)41-21-25-49-45(31-41)44-30-40(20-24-48(44)51-49)38-17-9-16-37(28-38)36-15-8-14-35(27-36)33-10-4-2-5-11-33/h2-31H,1H3. The molecule has 2 heterocycles. The molecule has 2 aromatic heterocycles. The average molecular weight is 652 g/mol. The van der Waals surface area contributed by atoms with Gasteiger partial charge in [-0.3, -0.25) is 0 Å². The summed E-state index contributed by atoms with van der Waals surface area (Å²) in [6.07, 6.45) is 0. The highest BCUT2D eigenvalue weighted by Gasteiger charge is 2.16. The fourth-order valence-electron chi connectivity index (χ4n) is 7.70. The number of hydrogen-bond donors (Lipinski definition) is 0. The van der Waals surface area contributed by atoms with Crippen molar-refractivity contribution in [3.8, 4) is 50.2 Å². The summed E-state index contributed by atoms with van der Waals surface area (Å²) in [6.45, 7) is 2.17. The van der Waals surface area contributed by atoms with Gasteiger partial charge in [0.1, 0.15) is 11.2 Å². The van der Waals surface area contributed by atoms with Gasteiger partial charge in [-0.2, -0.15) is 0 Å².